The number of likely N-dealkylation sites (N-methyl/N-ethyl adjacent to an activating group) is 1. The molecule has 0 spiro atoms. The topological polar surface area (TPSA) is 60.9 Å². The van der Waals surface area contributed by atoms with Gasteiger partial charge in [0.05, 0.1) is 0 Å². The highest BCUT2D eigenvalue weighted by Crippen LogP contribution is 2.28. The van der Waals surface area contributed by atoms with Crippen molar-refractivity contribution in [2.75, 3.05) is 25.0 Å². The fourth-order valence-corrected chi connectivity index (χ4v) is 2.60. The summed E-state index contributed by atoms with van der Waals surface area (Å²) in [6.07, 6.45) is 2.66. The van der Waals surface area contributed by atoms with E-state index in [0.29, 0.717) is 6.54 Å². The second-order valence-corrected chi connectivity index (χ2v) is 5.70. The Kier molecular flexibility index (Phi) is 4.02. The third kappa shape index (κ3) is 3.07. The average molecular weight is 288 g/mol. The average Bonchev–Trinajstić information content (AvgIpc) is 2.43. The van der Waals surface area contributed by atoms with E-state index in [0.717, 1.165) is 23.9 Å². The standard InChI is InChI=1S/C16H20N2O3/c1-16(2)15(21)17(3)10-11-18(16)13-7-4-12(5-8-13)6-9-14(19)20/h4-9H,10-11H2,1-3H3,(H,19,20)/b9-6+. The first kappa shape index (κ1) is 15.1. The van der Waals surface area contributed by atoms with Crippen LogP contribution in [0.3, 0.4) is 0 Å². The Morgan fingerprint density at radius 3 is 2.43 bits per heavy atom. The second-order valence-electron chi connectivity index (χ2n) is 5.70. The van der Waals surface area contributed by atoms with E-state index in [2.05, 4.69) is 4.90 Å². The van der Waals surface area contributed by atoms with Crippen LogP contribution in [0.25, 0.3) is 6.08 Å². The van der Waals surface area contributed by atoms with E-state index >= 15 is 0 Å². The van der Waals surface area contributed by atoms with Gasteiger partial charge in [0.15, 0.2) is 0 Å². The van der Waals surface area contributed by atoms with E-state index in [4.69, 9.17) is 5.11 Å². The van der Waals surface area contributed by atoms with Crippen molar-refractivity contribution in [3.05, 3.63) is 35.9 Å². The zero-order chi connectivity index (χ0) is 15.6. The van der Waals surface area contributed by atoms with Crippen molar-refractivity contribution >= 4 is 23.6 Å². The molecule has 0 saturated carbocycles. The summed E-state index contributed by atoms with van der Waals surface area (Å²) in [5.74, 6) is -0.867. The number of rotatable bonds is 3. The lowest BCUT2D eigenvalue weighted by Gasteiger charge is -2.46. The molecular formula is C16H20N2O3. The molecule has 112 valence electrons. The highest BCUT2D eigenvalue weighted by Gasteiger charge is 2.40. The van der Waals surface area contributed by atoms with Crippen LogP contribution >= 0.6 is 0 Å². The van der Waals surface area contributed by atoms with Crippen LogP contribution in [0.1, 0.15) is 19.4 Å². The van der Waals surface area contributed by atoms with Crippen molar-refractivity contribution in [1.82, 2.24) is 4.90 Å². The number of nitrogens with zero attached hydrogens (tertiary/aromatic N) is 2. The summed E-state index contributed by atoms with van der Waals surface area (Å²) in [6.45, 7) is 5.31. The van der Waals surface area contributed by atoms with E-state index in [1.807, 2.05) is 45.2 Å². The zero-order valence-corrected chi connectivity index (χ0v) is 12.5. The lowest BCUT2D eigenvalue weighted by molar-refractivity contribution is -0.136. The van der Waals surface area contributed by atoms with Gasteiger partial charge >= 0.3 is 5.97 Å². The molecule has 5 heteroatoms. The highest BCUT2D eigenvalue weighted by atomic mass is 16.4. The summed E-state index contributed by atoms with van der Waals surface area (Å²) in [6, 6.07) is 7.55. The van der Waals surface area contributed by atoms with Crippen LogP contribution in [0.2, 0.25) is 0 Å². The van der Waals surface area contributed by atoms with Crippen LogP contribution in [-0.4, -0.2) is 47.6 Å². The van der Waals surface area contributed by atoms with E-state index in [-0.39, 0.29) is 5.91 Å². The van der Waals surface area contributed by atoms with Crippen molar-refractivity contribution < 1.29 is 14.7 Å². The Morgan fingerprint density at radius 2 is 1.86 bits per heavy atom. The molecule has 0 aromatic heterocycles. The number of aliphatic carboxylic acids is 1. The number of carboxylic acid groups (broad SMARTS) is 1. The number of piperazine rings is 1. The number of carboxylic acids is 1. The first-order valence-electron chi connectivity index (χ1n) is 6.86. The summed E-state index contributed by atoms with van der Waals surface area (Å²) in [5.41, 5.74) is 1.21. The van der Waals surface area contributed by atoms with Crippen LogP contribution in [0, 0.1) is 0 Å². The minimum atomic E-state index is -0.968. The number of hydrogen-bond donors (Lipinski definition) is 1. The fourth-order valence-electron chi connectivity index (χ4n) is 2.60. The number of benzene rings is 1. The Labute approximate surface area is 124 Å². The van der Waals surface area contributed by atoms with Crippen LogP contribution in [-0.2, 0) is 9.59 Å². The molecule has 2 rings (SSSR count). The van der Waals surface area contributed by atoms with E-state index in [1.165, 1.54) is 0 Å². The maximum Gasteiger partial charge on any atom is 0.328 e. The first-order valence-corrected chi connectivity index (χ1v) is 6.86. The molecule has 1 amide bonds. The quantitative estimate of drug-likeness (QED) is 0.862. The molecule has 5 nitrogen and oxygen atoms in total. The summed E-state index contributed by atoms with van der Waals surface area (Å²) in [5, 5.41) is 8.62. The van der Waals surface area contributed by atoms with Gasteiger partial charge in [-0.25, -0.2) is 4.79 Å². The van der Waals surface area contributed by atoms with Crippen LogP contribution < -0.4 is 4.90 Å². The first-order chi connectivity index (χ1) is 9.82. The molecule has 1 fully saturated rings. The number of carbonyl (C=O) groups is 2. The van der Waals surface area contributed by atoms with Gasteiger partial charge in [0.2, 0.25) is 5.91 Å². The van der Waals surface area contributed by atoms with Gasteiger partial charge in [-0.15, -0.1) is 0 Å². The third-order valence-electron chi connectivity index (χ3n) is 3.83. The van der Waals surface area contributed by atoms with Gasteiger partial charge in [-0.3, -0.25) is 4.79 Å². The highest BCUT2D eigenvalue weighted by molar-refractivity contribution is 5.90. The van der Waals surface area contributed by atoms with Gasteiger partial charge in [0, 0.05) is 31.9 Å². The predicted molar refractivity (Wildman–Crippen MR) is 82.2 cm³/mol. The number of carbonyl (C=O) groups excluding carboxylic acids is 1. The summed E-state index contributed by atoms with van der Waals surface area (Å²) in [7, 11) is 1.82. The minimum absolute atomic E-state index is 0.101. The molecule has 1 aliphatic rings. The minimum Gasteiger partial charge on any atom is -0.478 e. The lowest BCUT2D eigenvalue weighted by Crippen LogP contribution is -2.62. The van der Waals surface area contributed by atoms with Gasteiger partial charge in [-0.2, -0.15) is 0 Å². The molecule has 1 aromatic carbocycles. The Bertz CT molecular complexity index is 576. The normalized spacial score (nSPS) is 18.3. The van der Waals surface area contributed by atoms with Crippen molar-refractivity contribution in [3.8, 4) is 0 Å². The maximum absolute atomic E-state index is 12.3. The Balaban J connectivity index is 2.22. The smallest absolute Gasteiger partial charge is 0.328 e. The van der Waals surface area contributed by atoms with Gasteiger partial charge in [0.1, 0.15) is 5.54 Å². The molecule has 1 heterocycles. The van der Waals surface area contributed by atoms with Crippen molar-refractivity contribution in [1.29, 1.82) is 0 Å². The van der Waals surface area contributed by atoms with Gasteiger partial charge in [-0.05, 0) is 37.6 Å². The van der Waals surface area contributed by atoms with E-state index in [1.54, 1.807) is 11.0 Å². The molecule has 1 saturated heterocycles. The second kappa shape index (κ2) is 5.60. The van der Waals surface area contributed by atoms with Gasteiger partial charge < -0.3 is 14.9 Å². The molecule has 1 aliphatic heterocycles. The van der Waals surface area contributed by atoms with Crippen molar-refractivity contribution in [3.63, 3.8) is 0 Å². The molecule has 1 aromatic rings. The number of hydrogen-bond acceptors (Lipinski definition) is 3. The van der Waals surface area contributed by atoms with Gasteiger partial charge in [-0.1, -0.05) is 12.1 Å². The summed E-state index contributed by atoms with van der Waals surface area (Å²) < 4.78 is 0. The van der Waals surface area contributed by atoms with Crippen molar-refractivity contribution in [2.24, 2.45) is 0 Å². The fraction of sp³-hybridized carbons (Fsp3) is 0.375. The molecule has 0 unspecified atom stereocenters. The molecular weight excluding hydrogens is 268 g/mol. The number of anilines is 1. The van der Waals surface area contributed by atoms with Crippen LogP contribution in [0.15, 0.2) is 30.3 Å². The Morgan fingerprint density at radius 1 is 1.24 bits per heavy atom. The molecule has 21 heavy (non-hydrogen) atoms. The molecule has 0 bridgehead atoms. The predicted octanol–water partition coefficient (Wildman–Crippen LogP) is 1.84. The van der Waals surface area contributed by atoms with E-state index < -0.39 is 11.5 Å². The monoisotopic (exact) mass is 288 g/mol. The van der Waals surface area contributed by atoms with Crippen LogP contribution in [0.5, 0.6) is 0 Å². The third-order valence-corrected chi connectivity index (χ3v) is 3.83. The molecule has 0 atom stereocenters. The molecule has 0 radical (unpaired) electrons. The maximum atomic E-state index is 12.3. The largest absolute Gasteiger partial charge is 0.478 e. The Hall–Kier alpha value is -2.30. The number of amides is 1. The van der Waals surface area contributed by atoms with Gasteiger partial charge in [0.25, 0.3) is 0 Å². The van der Waals surface area contributed by atoms with Crippen LogP contribution in [0.4, 0.5) is 5.69 Å². The van der Waals surface area contributed by atoms with E-state index in [9.17, 15) is 9.59 Å². The molecule has 1 N–H and O–H groups in total. The summed E-state index contributed by atoms with van der Waals surface area (Å²) >= 11 is 0. The summed E-state index contributed by atoms with van der Waals surface area (Å²) in [4.78, 5) is 26.6. The molecule has 0 aliphatic carbocycles. The van der Waals surface area contributed by atoms with Crippen molar-refractivity contribution in [2.45, 2.75) is 19.4 Å². The lowest BCUT2D eigenvalue weighted by atomic mass is 9.96. The zero-order valence-electron chi connectivity index (χ0n) is 12.5. The SMILES string of the molecule is CN1CCN(c2ccc(/C=C/C(=O)O)cc2)C(C)(C)C1=O.